The zero-order valence-corrected chi connectivity index (χ0v) is 15.7. The second kappa shape index (κ2) is 17.2. The summed E-state index contributed by atoms with van der Waals surface area (Å²) in [5, 5.41) is 0. The van der Waals surface area contributed by atoms with Crippen molar-refractivity contribution in [2.45, 2.75) is 67.5 Å². The van der Waals surface area contributed by atoms with E-state index in [1.807, 2.05) is 40.1 Å². The van der Waals surface area contributed by atoms with Crippen molar-refractivity contribution in [3.05, 3.63) is 0 Å². The van der Waals surface area contributed by atoms with E-state index in [0.717, 1.165) is 0 Å². The molecule has 0 fully saturated rings. The Bertz CT molecular complexity index is 252. The molecule has 0 saturated carbocycles. The minimum atomic E-state index is 0. The third-order valence-electron chi connectivity index (χ3n) is 1.63. The minimum Gasteiger partial charge on any atom is -0.271 e. The van der Waals surface area contributed by atoms with E-state index in [0.29, 0.717) is 23.9 Å². The van der Waals surface area contributed by atoms with E-state index >= 15 is 0 Å². The summed E-state index contributed by atoms with van der Waals surface area (Å²) < 4.78 is 0. The van der Waals surface area contributed by atoms with E-state index in [9.17, 15) is 0 Å². The molecule has 0 unspecified atom stereocenters. The fourth-order valence-corrected chi connectivity index (χ4v) is 0.765. The van der Waals surface area contributed by atoms with Crippen LogP contribution in [-0.2, 0) is 16.5 Å². The number of hydrogen-bond acceptors (Lipinski definition) is 2. The van der Waals surface area contributed by atoms with Gasteiger partial charge in [0.25, 0.3) is 0 Å². The molecule has 0 heterocycles. The second-order valence-corrected chi connectivity index (χ2v) is 5.80. The van der Waals surface area contributed by atoms with Gasteiger partial charge in [-0.25, -0.2) is 9.98 Å². The van der Waals surface area contributed by atoms with Gasteiger partial charge in [0, 0.05) is 41.0 Å². The first-order chi connectivity index (χ1) is 9.25. The topological polar surface area (TPSA) is 49.4 Å². The standard InChI is InChI=1S/2C8H16N2.Ni/c2*1-7(2)5-9-6-10-8(3)4;/h2*5-8H,1-4H3;. The van der Waals surface area contributed by atoms with Crippen molar-refractivity contribution in [2.75, 3.05) is 0 Å². The van der Waals surface area contributed by atoms with Crippen LogP contribution in [0, 0.1) is 11.8 Å². The van der Waals surface area contributed by atoms with Crippen molar-refractivity contribution in [3.8, 4) is 0 Å². The van der Waals surface area contributed by atoms with Crippen molar-refractivity contribution in [1.82, 2.24) is 0 Å². The van der Waals surface area contributed by atoms with Gasteiger partial charge in [-0.15, -0.1) is 0 Å². The van der Waals surface area contributed by atoms with E-state index in [-0.39, 0.29) is 16.5 Å². The summed E-state index contributed by atoms with van der Waals surface area (Å²) in [6.07, 6.45) is 6.99. The average Bonchev–Trinajstić information content (AvgIpc) is 2.30. The fourth-order valence-electron chi connectivity index (χ4n) is 0.765. The van der Waals surface area contributed by atoms with Gasteiger partial charge in [-0.2, -0.15) is 0 Å². The Morgan fingerprint density at radius 1 is 0.571 bits per heavy atom. The number of aliphatic imine (C=N–C) groups is 4. The molecule has 0 aliphatic rings. The van der Waals surface area contributed by atoms with Crippen LogP contribution in [0.25, 0.3) is 0 Å². The molecule has 0 aromatic carbocycles. The molecule has 5 heteroatoms. The first-order valence-electron chi connectivity index (χ1n) is 7.35. The molecular formula is C16H32N4Ni. The van der Waals surface area contributed by atoms with Gasteiger partial charge in [-0.05, 0) is 39.5 Å². The zero-order chi connectivity index (χ0) is 16.0. The molecule has 0 bridgehead atoms. The molecule has 0 aliphatic carbocycles. The Hall–Kier alpha value is -0.826. The maximum absolute atomic E-state index is 4.07. The number of nitrogens with zero attached hydrogens (tertiary/aromatic N) is 4. The Morgan fingerprint density at radius 2 is 0.857 bits per heavy atom. The Morgan fingerprint density at radius 3 is 1.05 bits per heavy atom. The largest absolute Gasteiger partial charge is 0.271 e. The summed E-state index contributed by atoms with van der Waals surface area (Å²) in [7, 11) is 0. The molecule has 0 spiro atoms. The molecule has 0 N–H and O–H groups in total. The predicted octanol–water partition coefficient (Wildman–Crippen LogP) is 4.30. The van der Waals surface area contributed by atoms with Crippen molar-refractivity contribution in [2.24, 2.45) is 31.8 Å². The van der Waals surface area contributed by atoms with E-state index in [1.165, 1.54) is 0 Å². The number of hydrogen-bond donors (Lipinski definition) is 0. The third kappa shape index (κ3) is 32.6. The van der Waals surface area contributed by atoms with Crippen LogP contribution in [-0.4, -0.2) is 37.2 Å². The molecule has 0 rings (SSSR count). The molecule has 126 valence electrons. The maximum Gasteiger partial charge on any atom is 0.109 e. The molecule has 0 aromatic rings. The molecule has 4 nitrogen and oxygen atoms in total. The Labute approximate surface area is 141 Å². The Balaban J connectivity index is -0.000000295. The molecule has 0 aliphatic heterocycles. The predicted molar refractivity (Wildman–Crippen MR) is 93.9 cm³/mol. The summed E-state index contributed by atoms with van der Waals surface area (Å²) in [5.74, 6) is 1.03. The molecular weight excluding hydrogens is 307 g/mol. The van der Waals surface area contributed by atoms with Gasteiger partial charge in [0.2, 0.25) is 0 Å². The van der Waals surface area contributed by atoms with Gasteiger partial charge in [-0.3, -0.25) is 9.98 Å². The smallest absolute Gasteiger partial charge is 0.109 e. The van der Waals surface area contributed by atoms with Crippen LogP contribution in [0.4, 0.5) is 0 Å². The van der Waals surface area contributed by atoms with E-state index in [4.69, 9.17) is 0 Å². The quantitative estimate of drug-likeness (QED) is 0.394. The SMILES string of the molecule is CC(C)C=NC=NC(C)C.CC(C)C=NC=NC(C)C.[Ni]. The van der Waals surface area contributed by atoms with Gasteiger partial charge >= 0.3 is 0 Å². The maximum atomic E-state index is 4.07. The molecule has 0 amide bonds. The summed E-state index contributed by atoms with van der Waals surface area (Å²) in [5.41, 5.74) is 0. The zero-order valence-electron chi connectivity index (χ0n) is 14.7. The van der Waals surface area contributed by atoms with E-state index in [2.05, 4.69) is 47.7 Å². The van der Waals surface area contributed by atoms with Gasteiger partial charge < -0.3 is 0 Å². The van der Waals surface area contributed by atoms with Gasteiger partial charge in [-0.1, -0.05) is 27.7 Å². The third-order valence-corrected chi connectivity index (χ3v) is 1.63. The fraction of sp³-hybridized carbons (Fsp3) is 0.750. The molecule has 21 heavy (non-hydrogen) atoms. The minimum absolute atomic E-state index is 0. The summed E-state index contributed by atoms with van der Waals surface area (Å²) in [6.45, 7) is 16.5. The summed E-state index contributed by atoms with van der Waals surface area (Å²) in [4.78, 5) is 16.1. The molecule has 0 aromatic heterocycles. The van der Waals surface area contributed by atoms with Crippen molar-refractivity contribution in [3.63, 3.8) is 0 Å². The van der Waals surface area contributed by atoms with Crippen LogP contribution in [0.3, 0.4) is 0 Å². The van der Waals surface area contributed by atoms with Crippen LogP contribution in [0.2, 0.25) is 0 Å². The van der Waals surface area contributed by atoms with Crippen molar-refractivity contribution >= 4 is 25.1 Å². The second-order valence-electron chi connectivity index (χ2n) is 5.80. The summed E-state index contributed by atoms with van der Waals surface area (Å²) in [6, 6.07) is 0.702. The van der Waals surface area contributed by atoms with Crippen LogP contribution in [0.15, 0.2) is 20.0 Å². The van der Waals surface area contributed by atoms with Gasteiger partial charge in [0.05, 0.1) is 0 Å². The van der Waals surface area contributed by atoms with Crippen LogP contribution >= 0.6 is 0 Å². The first kappa shape index (κ1) is 25.1. The van der Waals surface area contributed by atoms with Crippen molar-refractivity contribution in [1.29, 1.82) is 0 Å². The molecule has 0 saturated heterocycles. The average molecular weight is 339 g/mol. The van der Waals surface area contributed by atoms with Crippen LogP contribution < -0.4 is 0 Å². The van der Waals surface area contributed by atoms with Crippen LogP contribution in [0.1, 0.15) is 55.4 Å². The van der Waals surface area contributed by atoms with Crippen molar-refractivity contribution < 1.29 is 16.5 Å². The van der Waals surface area contributed by atoms with Gasteiger partial charge in [0.15, 0.2) is 0 Å². The Kier molecular flexibility index (Phi) is 20.6. The molecule has 0 radical (unpaired) electrons. The summed E-state index contributed by atoms with van der Waals surface area (Å²) >= 11 is 0. The van der Waals surface area contributed by atoms with Crippen LogP contribution in [0.5, 0.6) is 0 Å². The monoisotopic (exact) mass is 338 g/mol. The molecule has 0 atom stereocenters. The van der Waals surface area contributed by atoms with Gasteiger partial charge in [0.1, 0.15) is 12.7 Å². The normalized spacial score (nSPS) is 12.4. The number of rotatable bonds is 6. The van der Waals surface area contributed by atoms with E-state index < -0.39 is 0 Å². The first-order valence-corrected chi connectivity index (χ1v) is 7.35. The van der Waals surface area contributed by atoms with E-state index in [1.54, 1.807) is 12.7 Å².